The van der Waals surface area contributed by atoms with Crippen LogP contribution in [0.25, 0.3) is 0 Å². The molecule has 1 aliphatic rings. The first kappa shape index (κ1) is 22.5. The van der Waals surface area contributed by atoms with Gasteiger partial charge in [-0.25, -0.2) is 8.78 Å². The Balaban J connectivity index is 1.71. The molecule has 0 spiro atoms. The largest absolute Gasteiger partial charge is 0.486 e. The molecule has 6 nitrogen and oxygen atoms in total. The lowest BCUT2D eigenvalue weighted by Crippen LogP contribution is -2.54. The van der Waals surface area contributed by atoms with E-state index in [-0.39, 0.29) is 31.1 Å². The number of nitrogens with zero attached hydrogens (tertiary/aromatic N) is 1. The molecule has 1 N–H and O–H groups in total. The molecule has 0 saturated carbocycles. The van der Waals surface area contributed by atoms with Gasteiger partial charge in [0.1, 0.15) is 29.8 Å². The molecule has 0 aromatic heterocycles. The summed E-state index contributed by atoms with van der Waals surface area (Å²) in [6.07, 6.45) is -0.383. The molecular weight excluding hydrogens is 406 g/mol. The highest BCUT2D eigenvalue weighted by atomic mass is 19.1. The number of likely N-dealkylation sites (N-methyl/N-ethyl adjacent to an activating group) is 1. The predicted molar refractivity (Wildman–Crippen MR) is 111 cm³/mol. The van der Waals surface area contributed by atoms with Gasteiger partial charge in [-0.05, 0) is 37.1 Å². The maximum absolute atomic E-state index is 14.0. The van der Waals surface area contributed by atoms with Crippen molar-refractivity contribution in [1.82, 2.24) is 10.2 Å². The van der Waals surface area contributed by atoms with Gasteiger partial charge in [0.15, 0.2) is 17.6 Å². The van der Waals surface area contributed by atoms with Crippen LogP contribution >= 0.6 is 0 Å². The predicted octanol–water partition coefficient (Wildman–Crippen LogP) is 3.41. The van der Waals surface area contributed by atoms with Crippen LogP contribution in [0, 0.1) is 17.6 Å². The smallest absolute Gasteiger partial charge is 0.257 e. The molecule has 3 rings (SSSR count). The summed E-state index contributed by atoms with van der Waals surface area (Å²) in [5, 5.41) is 2.50. The number of carbonyl (C=O) groups is 2. The molecule has 2 aromatic carbocycles. The van der Waals surface area contributed by atoms with Crippen molar-refractivity contribution in [3.8, 4) is 11.5 Å². The fourth-order valence-corrected chi connectivity index (χ4v) is 3.41. The molecule has 31 heavy (non-hydrogen) atoms. The third kappa shape index (κ3) is 5.13. The first-order valence-electron chi connectivity index (χ1n) is 10.2. The Morgan fingerprint density at radius 1 is 1.10 bits per heavy atom. The number of nitrogens with one attached hydrogen (secondary N) is 1. The van der Waals surface area contributed by atoms with Crippen molar-refractivity contribution in [2.45, 2.75) is 32.9 Å². The minimum absolute atomic E-state index is 0.247. The monoisotopic (exact) mass is 432 g/mol. The van der Waals surface area contributed by atoms with Crippen molar-refractivity contribution < 1.29 is 27.8 Å². The molecule has 8 heteroatoms. The van der Waals surface area contributed by atoms with E-state index in [4.69, 9.17) is 9.47 Å². The molecule has 0 fully saturated rings. The van der Waals surface area contributed by atoms with Crippen LogP contribution in [0.2, 0.25) is 0 Å². The second kappa shape index (κ2) is 9.76. The molecule has 2 aromatic rings. The number of hydrogen-bond donors (Lipinski definition) is 1. The zero-order chi connectivity index (χ0) is 22.5. The van der Waals surface area contributed by atoms with Gasteiger partial charge in [0.05, 0.1) is 6.54 Å². The second-order valence-electron chi connectivity index (χ2n) is 7.67. The van der Waals surface area contributed by atoms with Crippen molar-refractivity contribution in [3.05, 3.63) is 59.7 Å². The fraction of sp³-hybridized carbons (Fsp3) is 0.391. The quantitative estimate of drug-likeness (QED) is 0.728. The molecule has 2 unspecified atom stereocenters. The van der Waals surface area contributed by atoms with E-state index >= 15 is 0 Å². The SMILES string of the molecule is CCN(CC1COc2ccccc2O1)C(=O)C(NC(=O)c1c(F)cccc1F)C(C)C. The van der Waals surface area contributed by atoms with Crippen molar-refractivity contribution in [2.75, 3.05) is 19.7 Å². The van der Waals surface area contributed by atoms with Crippen LogP contribution in [-0.2, 0) is 4.79 Å². The van der Waals surface area contributed by atoms with Crippen molar-refractivity contribution in [1.29, 1.82) is 0 Å². The Kier molecular flexibility index (Phi) is 7.09. The molecule has 2 atom stereocenters. The Labute approximate surface area is 180 Å². The zero-order valence-electron chi connectivity index (χ0n) is 17.7. The van der Waals surface area contributed by atoms with Gasteiger partial charge in [0.25, 0.3) is 5.91 Å². The molecule has 1 aliphatic heterocycles. The average molecular weight is 432 g/mol. The number of para-hydroxylation sites is 2. The number of benzene rings is 2. The molecule has 0 aliphatic carbocycles. The maximum atomic E-state index is 14.0. The van der Waals surface area contributed by atoms with Crippen LogP contribution in [-0.4, -0.2) is 48.6 Å². The second-order valence-corrected chi connectivity index (χ2v) is 7.67. The van der Waals surface area contributed by atoms with E-state index in [0.717, 1.165) is 12.1 Å². The lowest BCUT2D eigenvalue weighted by Gasteiger charge is -2.33. The van der Waals surface area contributed by atoms with Crippen LogP contribution in [0.15, 0.2) is 42.5 Å². The highest BCUT2D eigenvalue weighted by Gasteiger charge is 2.32. The number of halogens is 2. The molecule has 0 radical (unpaired) electrons. The van der Waals surface area contributed by atoms with Crippen molar-refractivity contribution >= 4 is 11.8 Å². The van der Waals surface area contributed by atoms with Gasteiger partial charge in [-0.15, -0.1) is 0 Å². The van der Waals surface area contributed by atoms with Crippen LogP contribution in [0.3, 0.4) is 0 Å². The van der Waals surface area contributed by atoms with Gasteiger partial charge >= 0.3 is 0 Å². The number of amides is 2. The summed E-state index contributed by atoms with van der Waals surface area (Å²) in [6.45, 7) is 6.21. The fourth-order valence-electron chi connectivity index (χ4n) is 3.41. The topological polar surface area (TPSA) is 67.9 Å². The van der Waals surface area contributed by atoms with Gasteiger partial charge in [0.2, 0.25) is 5.91 Å². The molecule has 2 amide bonds. The van der Waals surface area contributed by atoms with Gasteiger partial charge in [0, 0.05) is 6.54 Å². The Bertz CT molecular complexity index is 931. The summed E-state index contributed by atoms with van der Waals surface area (Å²) in [7, 11) is 0. The standard InChI is InChI=1S/C23H26F2N2O4/c1-4-27(12-15-13-30-18-10-5-6-11-19(18)31-15)23(29)21(14(2)3)26-22(28)20-16(24)8-7-9-17(20)25/h5-11,14-15,21H,4,12-13H2,1-3H3,(H,26,28). The molecule has 0 bridgehead atoms. The Morgan fingerprint density at radius 3 is 2.35 bits per heavy atom. The summed E-state index contributed by atoms with van der Waals surface area (Å²) in [5.41, 5.74) is -0.704. The van der Waals surface area contributed by atoms with Crippen LogP contribution in [0.1, 0.15) is 31.1 Å². The lowest BCUT2D eigenvalue weighted by molar-refractivity contribution is -0.135. The number of carbonyl (C=O) groups excluding carboxylic acids is 2. The van der Waals surface area contributed by atoms with Crippen LogP contribution in [0.4, 0.5) is 8.78 Å². The van der Waals surface area contributed by atoms with Gasteiger partial charge in [-0.3, -0.25) is 9.59 Å². The lowest BCUT2D eigenvalue weighted by atomic mass is 10.0. The van der Waals surface area contributed by atoms with E-state index in [1.165, 1.54) is 6.07 Å². The normalized spacial score (nSPS) is 16.0. The minimum atomic E-state index is -0.980. The summed E-state index contributed by atoms with van der Waals surface area (Å²) in [6, 6.07) is 9.50. The van der Waals surface area contributed by atoms with E-state index in [1.54, 1.807) is 30.9 Å². The van der Waals surface area contributed by atoms with Crippen molar-refractivity contribution in [3.63, 3.8) is 0 Å². The number of rotatable bonds is 7. The third-order valence-corrected chi connectivity index (χ3v) is 5.09. The first-order valence-corrected chi connectivity index (χ1v) is 10.2. The Morgan fingerprint density at radius 2 is 1.74 bits per heavy atom. The summed E-state index contributed by atoms with van der Waals surface area (Å²) in [5.74, 6) is -2.34. The maximum Gasteiger partial charge on any atom is 0.257 e. The van der Waals surface area contributed by atoms with Crippen LogP contribution in [0.5, 0.6) is 11.5 Å². The molecule has 0 saturated heterocycles. The van der Waals surface area contributed by atoms with E-state index in [2.05, 4.69) is 5.32 Å². The Hall–Kier alpha value is -3.16. The number of hydrogen-bond acceptors (Lipinski definition) is 4. The highest BCUT2D eigenvalue weighted by Crippen LogP contribution is 2.31. The molecule has 1 heterocycles. The van der Waals surface area contributed by atoms with Gasteiger partial charge in [-0.2, -0.15) is 0 Å². The molecular formula is C23H26F2N2O4. The van der Waals surface area contributed by atoms with E-state index in [9.17, 15) is 18.4 Å². The van der Waals surface area contributed by atoms with E-state index < -0.39 is 29.1 Å². The van der Waals surface area contributed by atoms with Gasteiger partial charge in [-0.1, -0.05) is 32.0 Å². The first-order chi connectivity index (χ1) is 14.8. The van der Waals surface area contributed by atoms with Crippen molar-refractivity contribution in [2.24, 2.45) is 5.92 Å². The van der Waals surface area contributed by atoms with Crippen LogP contribution < -0.4 is 14.8 Å². The van der Waals surface area contributed by atoms with E-state index in [1.807, 2.05) is 19.1 Å². The zero-order valence-corrected chi connectivity index (χ0v) is 17.7. The minimum Gasteiger partial charge on any atom is -0.486 e. The number of ether oxygens (including phenoxy) is 2. The summed E-state index contributed by atoms with van der Waals surface area (Å²) >= 11 is 0. The highest BCUT2D eigenvalue weighted by molar-refractivity contribution is 5.98. The van der Waals surface area contributed by atoms with E-state index in [0.29, 0.717) is 18.0 Å². The summed E-state index contributed by atoms with van der Waals surface area (Å²) in [4.78, 5) is 27.3. The number of fused-ring (bicyclic) bond motifs is 1. The summed E-state index contributed by atoms with van der Waals surface area (Å²) < 4.78 is 39.6. The third-order valence-electron chi connectivity index (χ3n) is 5.09. The van der Waals surface area contributed by atoms with Gasteiger partial charge < -0.3 is 19.7 Å². The average Bonchev–Trinajstić information content (AvgIpc) is 2.75. The molecule has 166 valence electrons.